The van der Waals surface area contributed by atoms with Crippen LogP contribution in [0.4, 0.5) is 18.0 Å². The van der Waals surface area contributed by atoms with Gasteiger partial charge in [0.2, 0.25) is 5.76 Å². The van der Waals surface area contributed by atoms with Crippen LogP contribution in [0.5, 0.6) is 0 Å². The maximum absolute atomic E-state index is 12.8. The molecule has 1 aromatic heterocycles. The van der Waals surface area contributed by atoms with E-state index in [1.165, 1.54) is 19.2 Å². The number of amides is 1. The van der Waals surface area contributed by atoms with Gasteiger partial charge in [-0.1, -0.05) is 41.6 Å². The Bertz CT molecular complexity index is 1180. The van der Waals surface area contributed by atoms with E-state index in [1.807, 2.05) is 0 Å². The van der Waals surface area contributed by atoms with Crippen molar-refractivity contribution >= 4 is 12.1 Å². The lowest BCUT2D eigenvalue weighted by Gasteiger charge is -2.19. The first-order valence-corrected chi connectivity index (χ1v) is 10.7. The van der Waals surface area contributed by atoms with Crippen molar-refractivity contribution in [2.24, 2.45) is 0 Å². The van der Waals surface area contributed by atoms with Crippen molar-refractivity contribution in [2.75, 3.05) is 7.11 Å². The van der Waals surface area contributed by atoms with Crippen LogP contribution in [0, 0.1) is 0 Å². The third kappa shape index (κ3) is 6.84. The first kappa shape index (κ1) is 25.8. The van der Waals surface area contributed by atoms with Crippen molar-refractivity contribution in [3.63, 3.8) is 0 Å². The molecule has 0 radical (unpaired) electrons. The molecule has 1 amide bonds. The van der Waals surface area contributed by atoms with Crippen LogP contribution in [0.15, 0.2) is 53.1 Å². The predicted octanol–water partition coefficient (Wildman–Crippen LogP) is 5.76. The predicted molar refractivity (Wildman–Crippen MR) is 121 cm³/mol. The number of methoxy groups -OCH3 is 1. The Balaban J connectivity index is 1.78. The third-order valence-corrected chi connectivity index (χ3v) is 4.92. The molecule has 2 aromatic carbocycles. The summed E-state index contributed by atoms with van der Waals surface area (Å²) < 4.78 is 53.6. The molecule has 3 rings (SSSR count). The first-order chi connectivity index (χ1) is 16.4. The standard InChI is InChI=1S/C25H25F3N2O5/c1-24(2,3)34-23(32)29-14-20-19(21(35-30-20)22(31)33-4)13-15-5-7-16(8-6-15)17-9-11-18(12-10-17)25(26,27)28/h5-12H,13-14H2,1-4H3,(H,29,32). The summed E-state index contributed by atoms with van der Waals surface area (Å²) >= 11 is 0. The molecular weight excluding hydrogens is 465 g/mol. The quantitative estimate of drug-likeness (QED) is 0.442. The SMILES string of the molecule is COC(=O)c1onc(CNC(=O)OC(C)(C)C)c1Cc1ccc(-c2ccc(C(F)(F)F)cc2)cc1. The van der Waals surface area contributed by atoms with E-state index in [1.54, 1.807) is 45.0 Å². The van der Waals surface area contributed by atoms with Crippen LogP contribution in [-0.2, 0) is 28.6 Å². The molecule has 7 nitrogen and oxygen atoms in total. The molecule has 0 saturated carbocycles. The van der Waals surface area contributed by atoms with Crippen LogP contribution in [0.3, 0.4) is 0 Å². The Morgan fingerprint density at radius 2 is 1.54 bits per heavy atom. The largest absolute Gasteiger partial charge is 0.463 e. The molecule has 0 fully saturated rings. The first-order valence-electron chi connectivity index (χ1n) is 10.7. The van der Waals surface area contributed by atoms with Gasteiger partial charge >= 0.3 is 18.2 Å². The highest BCUT2D eigenvalue weighted by atomic mass is 19.4. The highest BCUT2D eigenvalue weighted by Crippen LogP contribution is 2.31. The smallest absolute Gasteiger partial charge is 0.416 e. The zero-order valence-corrected chi connectivity index (χ0v) is 19.7. The van der Waals surface area contributed by atoms with Crippen molar-refractivity contribution in [3.8, 4) is 11.1 Å². The zero-order chi connectivity index (χ0) is 25.8. The number of esters is 1. The summed E-state index contributed by atoms with van der Waals surface area (Å²) in [6.07, 6.45) is -4.80. The maximum Gasteiger partial charge on any atom is 0.416 e. The molecule has 0 aliphatic heterocycles. The van der Waals surface area contributed by atoms with Crippen LogP contribution < -0.4 is 5.32 Å². The number of rotatable bonds is 6. The van der Waals surface area contributed by atoms with E-state index in [0.717, 1.165) is 23.3 Å². The van der Waals surface area contributed by atoms with Crippen LogP contribution in [0.1, 0.15) is 53.7 Å². The third-order valence-electron chi connectivity index (χ3n) is 4.92. The highest BCUT2D eigenvalue weighted by Gasteiger charge is 2.30. The molecule has 0 aliphatic rings. The van der Waals surface area contributed by atoms with Gasteiger partial charge < -0.3 is 19.3 Å². The molecule has 0 aliphatic carbocycles. The molecule has 0 spiro atoms. The number of aromatic nitrogens is 1. The summed E-state index contributed by atoms with van der Waals surface area (Å²) in [6.45, 7) is 5.17. The van der Waals surface area contributed by atoms with Gasteiger partial charge in [0.15, 0.2) is 0 Å². The van der Waals surface area contributed by atoms with Crippen LogP contribution in [-0.4, -0.2) is 29.9 Å². The lowest BCUT2D eigenvalue weighted by Crippen LogP contribution is -2.32. The molecular formula is C25H25F3N2O5. The van der Waals surface area contributed by atoms with Crippen molar-refractivity contribution in [1.29, 1.82) is 0 Å². The topological polar surface area (TPSA) is 90.7 Å². The summed E-state index contributed by atoms with van der Waals surface area (Å²) in [7, 11) is 1.21. The molecule has 0 bridgehead atoms. The number of carbonyl (C=O) groups is 2. The molecule has 10 heteroatoms. The highest BCUT2D eigenvalue weighted by molar-refractivity contribution is 5.88. The lowest BCUT2D eigenvalue weighted by atomic mass is 9.98. The van der Waals surface area contributed by atoms with Gasteiger partial charge in [0.25, 0.3) is 0 Å². The fourth-order valence-corrected chi connectivity index (χ4v) is 3.26. The van der Waals surface area contributed by atoms with Crippen molar-refractivity contribution in [3.05, 3.63) is 76.7 Å². The number of hydrogen-bond donors (Lipinski definition) is 1. The molecule has 0 atom stereocenters. The number of nitrogens with one attached hydrogen (secondary N) is 1. The van der Waals surface area contributed by atoms with Crippen molar-refractivity contribution < 1.29 is 36.8 Å². The molecule has 1 N–H and O–H groups in total. The Kier molecular flexibility index (Phi) is 7.52. The van der Waals surface area contributed by atoms with Crippen LogP contribution in [0.25, 0.3) is 11.1 Å². The van der Waals surface area contributed by atoms with Crippen molar-refractivity contribution in [1.82, 2.24) is 10.5 Å². The minimum absolute atomic E-state index is 0.0334. The van der Waals surface area contributed by atoms with Crippen molar-refractivity contribution in [2.45, 2.75) is 45.5 Å². The monoisotopic (exact) mass is 490 g/mol. The van der Waals surface area contributed by atoms with Gasteiger partial charge in [0.05, 0.1) is 19.2 Å². The van der Waals surface area contributed by atoms with E-state index in [-0.39, 0.29) is 18.7 Å². The van der Waals surface area contributed by atoms with Crippen LogP contribution >= 0.6 is 0 Å². The number of hydrogen-bond acceptors (Lipinski definition) is 6. The lowest BCUT2D eigenvalue weighted by molar-refractivity contribution is -0.137. The van der Waals surface area contributed by atoms with E-state index < -0.39 is 29.4 Å². The molecule has 1 heterocycles. The van der Waals surface area contributed by atoms with Gasteiger partial charge in [0.1, 0.15) is 11.3 Å². The molecule has 186 valence electrons. The Labute approximate surface area is 200 Å². The second kappa shape index (κ2) is 10.2. The minimum Gasteiger partial charge on any atom is -0.463 e. The summed E-state index contributed by atoms with van der Waals surface area (Å²) in [4.78, 5) is 24.2. The summed E-state index contributed by atoms with van der Waals surface area (Å²) in [5.74, 6) is -0.794. The summed E-state index contributed by atoms with van der Waals surface area (Å²) in [5, 5.41) is 6.49. The normalized spacial score (nSPS) is 11.7. The second-order valence-electron chi connectivity index (χ2n) is 8.73. The van der Waals surface area contributed by atoms with E-state index in [4.69, 9.17) is 14.0 Å². The van der Waals surface area contributed by atoms with Gasteiger partial charge in [0, 0.05) is 12.0 Å². The Hall–Kier alpha value is -3.82. The fourth-order valence-electron chi connectivity index (χ4n) is 3.26. The average molecular weight is 490 g/mol. The molecule has 0 saturated heterocycles. The second-order valence-corrected chi connectivity index (χ2v) is 8.73. The number of alkyl halides is 3. The van der Waals surface area contributed by atoms with Crippen LogP contribution in [0.2, 0.25) is 0 Å². The maximum atomic E-state index is 12.8. The van der Waals surface area contributed by atoms with Gasteiger partial charge in [-0.2, -0.15) is 13.2 Å². The molecule has 3 aromatic rings. The van der Waals surface area contributed by atoms with E-state index in [2.05, 4.69) is 10.5 Å². The number of carbonyl (C=O) groups excluding carboxylic acids is 2. The zero-order valence-electron chi connectivity index (χ0n) is 19.7. The van der Waals surface area contributed by atoms with Gasteiger partial charge in [-0.3, -0.25) is 0 Å². The molecule has 0 unspecified atom stereocenters. The number of benzene rings is 2. The number of alkyl carbamates (subject to hydrolysis) is 1. The summed E-state index contributed by atoms with van der Waals surface area (Å²) in [5.41, 5.74) is 1.53. The minimum atomic E-state index is -4.39. The van der Waals surface area contributed by atoms with E-state index in [9.17, 15) is 22.8 Å². The Morgan fingerprint density at radius 1 is 0.971 bits per heavy atom. The number of ether oxygens (including phenoxy) is 2. The number of halogens is 3. The molecule has 35 heavy (non-hydrogen) atoms. The summed E-state index contributed by atoms with van der Waals surface area (Å²) in [6, 6.07) is 12.0. The van der Waals surface area contributed by atoms with Gasteiger partial charge in [-0.15, -0.1) is 0 Å². The Morgan fingerprint density at radius 3 is 2.06 bits per heavy atom. The average Bonchev–Trinajstić information content (AvgIpc) is 3.18. The number of nitrogens with zero attached hydrogens (tertiary/aromatic N) is 1. The van der Waals surface area contributed by atoms with Gasteiger partial charge in [-0.25, -0.2) is 9.59 Å². The fraction of sp³-hybridized carbons (Fsp3) is 0.320. The van der Waals surface area contributed by atoms with Gasteiger partial charge in [-0.05, 0) is 49.6 Å². The van der Waals surface area contributed by atoms with E-state index >= 15 is 0 Å². The van der Waals surface area contributed by atoms with E-state index in [0.29, 0.717) is 16.8 Å².